The highest BCUT2D eigenvalue weighted by molar-refractivity contribution is 5.00. The third-order valence-electron chi connectivity index (χ3n) is 3.98. The van der Waals surface area contributed by atoms with Gasteiger partial charge in [-0.1, -0.05) is 12.8 Å². The molecule has 0 aromatic carbocycles. The first-order chi connectivity index (χ1) is 6.26. The minimum Gasteiger partial charge on any atom is -0.391 e. The van der Waals surface area contributed by atoms with E-state index in [1.807, 2.05) is 6.92 Å². The standard InChI is InChI=1S/C11H21NO/c1-10(13)11(6-2-3-7-11)12-8-4-5-9-12/h10,13H,2-9H2,1H3. The maximum atomic E-state index is 9.92. The first kappa shape index (κ1) is 9.47. The van der Waals surface area contributed by atoms with E-state index in [1.54, 1.807) is 0 Å². The third kappa shape index (κ3) is 1.50. The van der Waals surface area contributed by atoms with Crippen LogP contribution in [0.2, 0.25) is 0 Å². The molecule has 1 N–H and O–H groups in total. The molecule has 0 spiro atoms. The molecule has 1 aliphatic carbocycles. The van der Waals surface area contributed by atoms with Crippen molar-refractivity contribution in [3.05, 3.63) is 0 Å². The molecule has 2 aliphatic rings. The lowest BCUT2D eigenvalue weighted by Gasteiger charge is -2.41. The summed E-state index contributed by atoms with van der Waals surface area (Å²) in [6, 6.07) is 0. The highest BCUT2D eigenvalue weighted by Crippen LogP contribution is 2.39. The second-order valence-electron chi connectivity index (χ2n) is 4.68. The van der Waals surface area contributed by atoms with Crippen molar-refractivity contribution in [2.75, 3.05) is 13.1 Å². The molecule has 0 aromatic rings. The molecule has 13 heavy (non-hydrogen) atoms. The molecule has 1 atom stereocenters. The molecule has 2 fully saturated rings. The van der Waals surface area contributed by atoms with Gasteiger partial charge in [0.25, 0.3) is 0 Å². The molecule has 0 aromatic heterocycles. The summed E-state index contributed by atoms with van der Waals surface area (Å²) in [4.78, 5) is 2.55. The first-order valence-corrected chi connectivity index (χ1v) is 5.69. The van der Waals surface area contributed by atoms with Crippen molar-refractivity contribution in [1.29, 1.82) is 0 Å². The minimum atomic E-state index is -0.145. The van der Waals surface area contributed by atoms with E-state index < -0.39 is 0 Å². The fraction of sp³-hybridized carbons (Fsp3) is 1.00. The van der Waals surface area contributed by atoms with E-state index in [4.69, 9.17) is 0 Å². The van der Waals surface area contributed by atoms with Gasteiger partial charge < -0.3 is 5.11 Å². The molecule has 1 saturated heterocycles. The Labute approximate surface area is 80.9 Å². The van der Waals surface area contributed by atoms with Gasteiger partial charge in [-0.05, 0) is 45.7 Å². The quantitative estimate of drug-likeness (QED) is 0.705. The van der Waals surface area contributed by atoms with Crippen molar-refractivity contribution in [3.63, 3.8) is 0 Å². The minimum absolute atomic E-state index is 0.145. The Bertz CT molecular complexity index is 167. The summed E-state index contributed by atoms with van der Waals surface area (Å²) < 4.78 is 0. The summed E-state index contributed by atoms with van der Waals surface area (Å²) in [6.45, 7) is 4.40. The zero-order valence-electron chi connectivity index (χ0n) is 8.63. The SMILES string of the molecule is CC(O)C1(N2CCCC2)CCCC1. The van der Waals surface area contributed by atoms with Gasteiger partial charge in [-0.2, -0.15) is 0 Å². The van der Waals surface area contributed by atoms with Gasteiger partial charge in [0.05, 0.1) is 6.10 Å². The van der Waals surface area contributed by atoms with E-state index in [1.165, 1.54) is 51.6 Å². The molecule has 1 unspecified atom stereocenters. The van der Waals surface area contributed by atoms with Crippen LogP contribution in [0.5, 0.6) is 0 Å². The van der Waals surface area contributed by atoms with E-state index in [0.29, 0.717) is 0 Å². The fourth-order valence-electron chi connectivity index (χ4n) is 3.15. The lowest BCUT2D eigenvalue weighted by atomic mass is 9.89. The van der Waals surface area contributed by atoms with Gasteiger partial charge in [0, 0.05) is 5.54 Å². The zero-order valence-corrected chi connectivity index (χ0v) is 8.63. The molecule has 1 saturated carbocycles. The Balaban J connectivity index is 2.11. The first-order valence-electron chi connectivity index (χ1n) is 5.69. The van der Waals surface area contributed by atoms with Gasteiger partial charge in [-0.3, -0.25) is 4.90 Å². The molecule has 1 aliphatic heterocycles. The van der Waals surface area contributed by atoms with Gasteiger partial charge in [0.2, 0.25) is 0 Å². The Morgan fingerprint density at radius 1 is 1.08 bits per heavy atom. The second kappa shape index (κ2) is 3.58. The molecule has 2 nitrogen and oxygen atoms in total. The van der Waals surface area contributed by atoms with E-state index in [-0.39, 0.29) is 11.6 Å². The molecule has 76 valence electrons. The highest BCUT2D eigenvalue weighted by Gasteiger charge is 2.43. The molecule has 0 amide bonds. The number of hydrogen-bond donors (Lipinski definition) is 1. The average Bonchev–Trinajstić information content (AvgIpc) is 2.75. The molecule has 0 radical (unpaired) electrons. The van der Waals surface area contributed by atoms with Crippen LogP contribution in [0.15, 0.2) is 0 Å². The number of aliphatic hydroxyl groups excluding tert-OH is 1. The van der Waals surface area contributed by atoms with Gasteiger partial charge >= 0.3 is 0 Å². The Morgan fingerprint density at radius 3 is 2.08 bits per heavy atom. The van der Waals surface area contributed by atoms with Crippen LogP contribution in [0.1, 0.15) is 45.4 Å². The maximum Gasteiger partial charge on any atom is 0.0695 e. The van der Waals surface area contributed by atoms with E-state index >= 15 is 0 Å². The predicted molar refractivity (Wildman–Crippen MR) is 53.7 cm³/mol. The molecule has 2 rings (SSSR count). The van der Waals surface area contributed by atoms with Gasteiger partial charge in [-0.25, -0.2) is 0 Å². The lowest BCUT2D eigenvalue weighted by Crippen LogP contribution is -2.52. The smallest absolute Gasteiger partial charge is 0.0695 e. The summed E-state index contributed by atoms with van der Waals surface area (Å²) in [6.07, 6.45) is 7.55. The van der Waals surface area contributed by atoms with Crippen LogP contribution in [0.25, 0.3) is 0 Å². The summed E-state index contributed by atoms with van der Waals surface area (Å²) in [5.74, 6) is 0. The second-order valence-corrected chi connectivity index (χ2v) is 4.68. The number of likely N-dealkylation sites (tertiary alicyclic amines) is 1. The third-order valence-corrected chi connectivity index (χ3v) is 3.98. The summed E-state index contributed by atoms with van der Waals surface area (Å²) in [5.41, 5.74) is 0.163. The van der Waals surface area contributed by atoms with Crippen LogP contribution in [0.3, 0.4) is 0 Å². The molecular weight excluding hydrogens is 162 g/mol. The zero-order chi connectivity index (χ0) is 9.31. The predicted octanol–water partition coefficient (Wildman–Crippen LogP) is 1.78. The Kier molecular flexibility index (Phi) is 2.61. The van der Waals surface area contributed by atoms with Crippen LogP contribution in [-0.2, 0) is 0 Å². The number of hydrogen-bond acceptors (Lipinski definition) is 2. The lowest BCUT2D eigenvalue weighted by molar-refractivity contribution is -0.00685. The van der Waals surface area contributed by atoms with Crippen molar-refractivity contribution < 1.29 is 5.11 Å². The van der Waals surface area contributed by atoms with Crippen molar-refractivity contribution in [1.82, 2.24) is 4.90 Å². The van der Waals surface area contributed by atoms with Crippen molar-refractivity contribution in [2.45, 2.75) is 57.1 Å². The van der Waals surface area contributed by atoms with Gasteiger partial charge in [-0.15, -0.1) is 0 Å². The summed E-state index contributed by atoms with van der Waals surface area (Å²) >= 11 is 0. The van der Waals surface area contributed by atoms with Crippen molar-refractivity contribution >= 4 is 0 Å². The largest absolute Gasteiger partial charge is 0.391 e. The molecule has 1 heterocycles. The summed E-state index contributed by atoms with van der Waals surface area (Å²) in [5, 5.41) is 9.92. The topological polar surface area (TPSA) is 23.5 Å². The maximum absolute atomic E-state index is 9.92. The van der Waals surface area contributed by atoms with Gasteiger partial charge in [0.15, 0.2) is 0 Å². The number of nitrogens with zero attached hydrogens (tertiary/aromatic N) is 1. The van der Waals surface area contributed by atoms with Crippen LogP contribution in [0, 0.1) is 0 Å². The summed E-state index contributed by atoms with van der Waals surface area (Å²) in [7, 11) is 0. The normalized spacial score (nSPS) is 30.9. The van der Waals surface area contributed by atoms with Crippen LogP contribution in [-0.4, -0.2) is 34.7 Å². The fourth-order valence-corrected chi connectivity index (χ4v) is 3.15. The molecule has 0 bridgehead atoms. The Morgan fingerprint density at radius 2 is 1.62 bits per heavy atom. The highest BCUT2D eigenvalue weighted by atomic mass is 16.3. The van der Waals surface area contributed by atoms with Crippen LogP contribution < -0.4 is 0 Å². The average molecular weight is 183 g/mol. The van der Waals surface area contributed by atoms with E-state index in [0.717, 1.165) is 0 Å². The van der Waals surface area contributed by atoms with E-state index in [2.05, 4.69) is 4.90 Å². The molecule has 2 heteroatoms. The number of rotatable bonds is 2. The number of aliphatic hydroxyl groups is 1. The van der Waals surface area contributed by atoms with Crippen LogP contribution in [0.4, 0.5) is 0 Å². The molecular formula is C11H21NO. The Hall–Kier alpha value is -0.0800. The van der Waals surface area contributed by atoms with Crippen LogP contribution >= 0.6 is 0 Å². The monoisotopic (exact) mass is 183 g/mol. The van der Waals surface area contributed by atoms with Crippen molar-refractivity contribution in [3.8, 4) is 0 Å². The van der Waals surface area contributed by atoms with Gasteiger partial charge in [0.1, 0.15) is 0 Å². The van der Waals surface area contributed by atoms with Crippen molar-refractivity contribution in [2.24, 2.45) is 0 Å². The van der Waals surface area contributed by atoms with E-state index in [9.17, 15) is 5.11 Å².